The molecule has 2 amide bonds. The van der Waals surface area contributed by atoms with Gasteiger partial charge in [0.05, 0.1) is 43.3 Å². The average molecular weight is 308 g/mol. The van der Waals surface area contributed by atoms with Crippen molar-refractivity contribution in [2.24, 2.45) is 7.05 Å². The number of rotatable bonds is 3. The second-order valence-corrected chi connectivity index (χ2v) is 6.04. The summed E-state index contributed by atoms with van der Waals surface area (Å²) < 4.78 is 1.77. The van der Waals surface area contributed by atoms with Crippen molar-refractivity contribution in [2.45, 2.75) is 33.7 Å². The SMILES string of the molecule is CC(=O)N1CC[NH+]([C@H](C)C(=O)Nc2c(C)nn(C)c2C)CC1. The van der Waals surface area contributed by atoms with Crippen LogP contribution in [0, 0.1) is 13.8 Å². The quantitative estimate of drug-likeness (QED) is 0.761. The summed E-state index contributed by atoms with van der Waals surface area (Å²) in [5.74, 6) is 0.114. The first kappa shape index (κ1) is 16.5. The van der Waals surface area contributed by atoms with Gasteiger partial charge in [-0.3, -0.25) is 14.3 Å². The summed E-state index contributed by atoms with van der Waals surface area (Å²) in [4.78, 5) is 26.9. The minimum absolute atomic E-state index is 0.00507. The van der Waals surface area contributed by atoms with Crippen molar-refractivity contribution in [3.8, 4) is 0 Å². The van der Waals surface area contributed by atoms with Crippen LogP contribution in [0.3, 0.4) is 0 Å². The molecule has 7 nitrogen and oxygen atoms in total. The van der Waals surface area contributed by atoms with Crippen LogP contribution in [0.25, 0.3) is 0 Å². The Morgan fingerprint density at radius 2 is 1.86 bits per heavy atom. The molecule has 0 aromatic carbocycles. The van der Waals surface area contributed by atoms with Gasteiger partial charge in [0.15, 0.2) is 6.04 Å². The first-order valence-corrected chi connectivity index (χ1v) is 7.72. The van der Waals surface area contributed by atoms with Crippen LogP contribution in [0.5, 0.6) is 0 Å². The number of aryl methyl sites for hydroxylation is 2. The molecule has 0 spiro atoms. The van der Waals surface area contributed by atoms with Crippen LogP contribution in [-0.4, -0.2) is 58.7 Å². The molecule has 1 aromatic heterocycles. The minimum Gasteiger partial charge on any atom is -0.332 e. The Balaban J connectivity index is 1.97. The number of hydrogen-bond donors (Lipinski definition) is 2. The first-order valence-electron chi connectivity index (χ1n) is 7.72. The molecule has 1 atom stereocenters. The molecule has 1 aromatic rings. The highest BCUT2D eigenvalue weighted by atomic mass is 16.2. The smallest absolute Gasteiger partial charge is 0.282 e. The molecule has 1 aliphatic rings. The zero-order valence-corrected chi connectivity index (χ0v) is 14.1. The van der Waals surface area contributed by atoms with Crippen LogP contribution < -0.4 is 10.2 Å². The molecule has 7 heteroatoms. The number of carbonyl (C=O) groups excluding carboxylic acids is 2. The topological polar surface area (TPSA) is 71.7 Å². The number of quaternary nitrogens is 1. The van der Waals surface area contributed by atoms with Crippen LogP contribution in [0.15, 0.2) is 0 Å². The summed E-state index contributed by atoms with van der Waals surface area (Å²) in [5, 5.41) is 7.32. The maximum absolute atomic E-state index is 12.5. The predicted molar refractivity (Wildman–Crippen MR) is 83.7 cm³/mol. The summed E-state index contributed by atoms with van der Waals surface area (Å²) in [6.45, 7) is 10.4. The van der Waals surface area contributed by atoms with E-state index < -0.39 is 0 Å². The minimum atomic E-state index is -0.145. The number of aromatic nitrogens is 2. The van der Waals surface area contributed by atoms with Crippen LogP contribution in [0.1, 0.15) is 25.2 Å². The van der Waals surface area contributed by atoms with Gasteiger partial charge in [0, 0.05) is 14.0 Å². The van der Waals surface area contributed by atoms with Crippen molar-refractivity contribution in [2.75, 3.05) is 31.5 Å². The van der Waals surface area contributed by atoms with E-state index in [2.05, 4.69) is 10.4 Å². The number of nitrogens with one attached hydrogen (secondary N) is 2. The van der Waals surface area contributed by atoms with E-state index >= 15 is 0 Å². The van der Waals surface area contributed by atoms with Crippen molar-refractivity contribution in [3.05, 3.63) is 11.4 Å². The lowest BCUT2D eigenvalue weighted by molar-refractivity contribution is -0.917. The molecule has 2 N–H and O–H groups in total. The van der Waals surface area contributed by atoms with Crippen LogP contribution in [-0.2, 0) is 16.6 Å². The summed E-state index contributed by atoms with van der Waals surface area (Å²) in [7, 11) is 1.87. The van der Waals surface area contributed by atoms with Gasteiger partial charge >= 0.3 is 0 Å². The number of amides is 2. The van der Waals surface area contributed by atoms with E-state index in [0.29, 0.717) is 13.1 Å². The zero-order chi connectivity index (χ0) is 16.4. The zero-order valence-electron chi connectivity index (χ0n) is 14.1. The van der Waals surface area contributed by atoms with Crippen molar-refractivity contribution in [3.63, 3.8) is 0 Å². The van der Waals surface area contributed by atoms with Crippen LogP contribution >= 0.6 is 0 Å². The Bertz CT molecular complexity index is 573. The molecule has 0 aliphatic carbocycles. The number of hydrogen-bond acceptors (Lipinski definition) is 3. The highest BCUT2D eigenvalue weighted by Crippen LogP contribution is 2.18. The molecule has 0 radical (unpaired) electrons. The molecule has 0 bridgehead atoms. The van der Waals surface area contributed by atoms with Crippen molar-refractivity contribution in [1.29, 1.82) is 0 Å². The third-order valence-corrected chi connectivity index (χ3v) is 4.61. The lowest BCUT2D eigenvalue weighted by Gasteiger charge is -2.34. The fourth-order valence-corrected chi connectivity index (χ4v) is 2.91. The van der Waals surface area contributed by atoms with E-state index in [-0.39, 0.29) is 17.9 Å². The van der Waals surface area contributed by atoms with E-state index in [1.165, 1.54) is 4.90 Å². The van der Waals surface area contributed by atoms with Gasteiger partial charge in [0.2, 0.25) is 5.91 Å². The molecular weight excluding hydrogens is 282 g/mol. The van der Waals surface area contributed by atoms with E-state index in [1.54, 1.807) is 11.6 Å². The first-order chi connectivity index (χ1) is 10.3. The van der Waals surface area contributed by atoms with Gasteiger partial charge < -0.3 is 15.1 Å². The van der Waals surface area contributed by atoms with Gasteiger partial charge in [-0.1, -0.05) is 0 Å². The third kappa shape index (κ3) is 3.30. The number of piperazine rings is 1. The fourth-order valence-electron chi connectivity index (χ4n) is 2.91. The molecular formula is C15H26N5O2+. The fraction of sp³-hybridized carbons (Fsp3) is 0.667. The lowest BCUT2D eigenvalue weighted by Crippen LogP contribution is -3.19. The van der Waals surface area contributed by atoms with E-state index in [4.69, 9.17) is 0 Å². The number of carbonyl (C=O) groups is 2. The monoisotopic (exact) mass is 308 g/mol. The maximum Gasteiger partial charge on any atom is 0.282 e. The van der Waals surface area contributed by atoms with Gasteiger partial charge in [-0.15, -0.1) is 0 Å². The Morgan fingerprint density at radius 3 is 2.32 bits per heavy atom. The normalized spacial score (nSPS) is 17.4. The van der Waals surface area contributed by atoms with Crippen LogP contribution in [0.2, 0.25) is 0 Å². The third-order valence-electron chi connectivity index (χ3n) is 4.61. The Labute approximate surface area is 131 Å². The van der Waals surface area contributed by atoms with Crippen LogP contribution in [0.4, 0.5) is 5.69 Å². The van der Waals surface area contributed by atoms with Crippen molar-refractivity contribution >= 4 is 17.5 Å². The lowest BCUT2D eigenvalue weighted by atomic mass is 10.2. The Hall–Kier alpha value is -1.89. The molecule has 22 heavy (non-hydrogen) atoms. The highest BCUT2D eigenvalue weighted by Gasteiger charge is 2.30. The molecule has 122 valence electrons. The average Bonchev–Trinajstić information content (AvgIpc) is 2.73. The molecule has 0 unspecified atom stereocenters. The number of anilines is 1. The van der Waals surface area contributed by atoms with E-state index in [9.17, 15) is 9.59 Å². The molecule has 1 fully saturated rings. The number of nitrogens with zero attached hydrogens (tertiary/aromatic N) is 3. The standard InChI is InChI=1S/C15H25N5O2/c1-10-14(11(2)18(5)17-10)16-15(22)12(3)19-6-8-20(9-7-19)13(4)21/h12H,6-9H2,1-5H3,(H,16,22)/p+1/t12-/m1/s1. The van der Waals surface area contributed by atoms with Gasteiger partial charge in [-0.2, -0.15) is 5.10 Å². The highest BCUT2D eigenvalue weighted by molar-refractivity contribution is 5.94. The van der Waals surface area contributed by atoms with Gasteiger partial charge in [0.25, 0.3) is 5.91 Å². The van der Waals surface area contributed by atoms with Gasteiger partial charge in [-0.25, -0.2) is 0 Å². The van der Waals surface area contributed by atoms with E-state index in [0.717, 1.165) is 30.2 Å². The van der Waals surface area contributed by atoms with Crippen molar-refractivity contribution < 1.29 is 14.5 Å². The van der Waals surface area contributed by atoms with Gasteiger partial charge in [-0.05, 0) is 20.8 Å². The molecule has 1 saturated heterocycles. The molecule has 1 aliphatic heterocycles. The second kappa shape index (κ2) is 6.48. The van der Waals surface area contributed by atoms with E-state index in [1.807, 2.05) is 32.7 Å². The largest absolute Gasteiger partial charge is 0.332 e. The molecule has 0 saturated carbocycles. The molecule has 2 heterocycles. The van der Waals surface area contributed by atoms with Crippen molar-refractivity contribution in [1.82, 2.24) is 14.7 Å². The molecule has 2 rings (SSSR count). The summed E-state index contributed by atoms with van der Waals surface area (Å²) in [5.41, 5.74) is 2.59. The maximum atomic E-state index is 12.5. The second-order valence-electron chi connectivity index (χ2n) is 6.04. The Morgan fingerprint density at radius 1 is 1.27 bits per heavy atom. The summed E-state index contributed by atoms with van der Waals surface area (Å²) in [6, 6.07) is -0.145. The predicted octanol–water partition coefficient (Wildman–Crippen LogP) is -0.889. The Kier molecular flexibility index (Phi) is 4.85. The summed E-state index contributed by atoms with van der Waals surface area (Å²) in [6.07, 6.45) is 0. The summed E-state index contributed by atoms with van der Waals surface area (Å²) >= 11 is 0. The van der Waals surface area contributed by atoms with Gasteiger partial charge in [0.1, 0.15) is 0 Å².